The minimum atomic E-state index is -0.618. The highest BCUT2D eigenvalue weighted by Crippen LogP contribution is 2.27. The number of benzene rings is 2. The summed E-state index contributed by atoms with van der Waals surface area (Å²) in [6.45, 7) is 4.07. The summed E-state index contributed by atoms with van der Waals surface area (Å²) < 4.78 is 11.1. The summed E-state index contributed by atoms with van der Waals surface area (Å²) in [7, 11) is 0. The van der Waals surface area contributed by atoms with Crippen molar-refractivity contribution in [3.63, 3.8) is 0 Å². The number of nitro groups is 1. The van der Waals surface area contributed by atoms with Crippen LogP contribution in [0.25, 0.3) is 0 Å². The molecule has 156 valence electrons. The normalized spacial score (nSPS) is 10.6. The maximum Gasteiger partial charge on any atom is 0.289 e. The highest BCUT2D eigenvalue weighted by atomic mass is 35.5. The van der Waals surface area contributed by atoms with Gasteiger partial charge in [0, 0.05) is 11.8 Å². The molecule has 1 amide bonds. The van der Waals surface area contributed by atoms with Gasteiger partial charge in [-0.1, -0.05) is 29.4 Å². The standard InChI is InChI=1S/C19H17ClN4O5S/c1-11-5-12(2)7-14(6-11)28-9-18-22-23-19(29-18)30-10-17(25)21-13-3-4-15(20)16(8-13)24(26)27/h3-8H,9-10H2,1-2H3,(H,21,25). The van der Waals surface area contributed by atoms with Crippen molar-refractivity contribution in [1.82, 2.24) is 10.2 Å². The fraction of sp³-hybridized carbons (Fsp3) is 0.211. The fourth-order valence-corrected chi connectivity index (χ4v) is 3.34. The van der Waals surface area contributed by atoms with Crippen LogP contribution in [0.2, 0.25) is 5.02 Å². The van der Waals surface area contributed by atoms with E-state index in [2.05, 4.69) is 15.5 Å². The molecule has 0 saturated carbocycles. The molecule has 0 radical (unpaired) electrons. The number of ether oxygens (including phenoxy) is 1. The van der Waals surface area contributed by atoms with Crippen LogP contribution >= 0.6 is 23.4 Å². The van der Waals surface area contributed by atoms with Crippen molar-refractivity contribution in [2.24, 2.45) is 0 Å². The number of anilines is 1. The second kappa shape index (κ2) is 9.59. The number of carbonyl (C=O) groups is 1. The van der Waals surface area contributed by atoms with Gasteiger partial charge in [-0.2, -0.15) is 0 Å². The summed E-state index contributed by atoms with van der Waals surface area (Å²) in [5.74, 6) is 0.584. The third-order valence-corrected chi connectivity index (χ3v) is 4.90. The van der Waals surface area contributed by atoms with Crippen LogP contribution in [0.1, 0.15) is 17.0 Å². The lowest BCUT2D eigenvalue weighted by atomic mass is 10.1. The maximum absolute atomic E-state index is 12.1. The van der Waals surface area contributed by atoms with Gasteiger partial charge in [-0.3, -0.25) is 14.9 Å². The number of hydrogen-bond acceptors (Lipinski definition) is 8. The number of halogens is 1. The molecular formula is C19H17ClN4O5S. The van der Waals surface area contributed by atoms with E-state index in [-0.39, 0.29) is 45.8 Å². The zero-order valence-electron chi connectivity index (χ0n) is 16.0. The van der Waals surface area contributed by atoms with Gasteiger partial charge in [-0.25, -0.2) is 0 Å². The molecule has 0 aliphatic heterocycles. The largest absolute Gasteiger partial charge is 0.484 e. The second-order valence-corrected chi connectivity index (χ2v) is 7.67. The Morgan fingerprint density at radius 3 is 2.67 bits per heavy atom. The monoisotopic (exact) mass is 448 g/mol. The summed E-state index contributed by atoms with van der Waals surface area (Å²) in [6, 6.07) is 9.88. The van der Waals surface area contributed by atoms with Crippen LogP contribution in [-0.4, -0.2) is 26.8 Å². The molecule has 0 saturated heterocycles. The lowest BCUT2D eigenvalue weighted by Crippen LogP contribution is -2.14. The highest BCUT2D eigenvalue weighted by molar-refractivity contribution is 7.99. The summed E-state index contributed by atoms with van der Waals surface area (Å²) >= 11 is 6.80. The van der Waals surface area contributed by atoms with Gasteiger partial charge in [-0.05, 0) is 49.2 Å². The van der Waals surface area contributed by atoms with E-state index in [9.17, 15) is 14.9 Å². The molecule has 11 heteroatoms. The molecule has 30 heavy (non-hydrogen) atoms. The Morgan fingerprint density at radius 1 is 1.23 bits per heavy atom. The first kappa shape index (κ1) is 21.6. The van der Waals surface area contributed by atoms with Crippen LogP contribution in [0, 0.1) is 24.0 Å². The number of nitro benzene ring substituents is 1. The van der Waals surface area contributed by atoms with Gasteiger partial charge < -0.3 is 14.5 Å². The number of rotatable bonds is 8. The quantitative estimate of drug-likeness (QED) is 0.302. The number of nitrogens with one attached hydrogen (secondary N) is 1. The van der Waals surface area contributed by atoms with Crippen molar-refractivity contribution < 1.29 is 18.9 Å². The minimum Gasteiger partial charge on any atom is -0.484 e. The first-order valence-corrected chi connectivity index (χ1v) is 10.1. The van der Waals surface area contributed by atoms with Crippen LogP contribution < -0.4 is 10.1 Å². The van der Waals surface area contributed by atoms with Gasteiger partial charge in [0.1, 0.15) is 10.8 Å². The molecule has 2 aromatic carbocycles. The van der Waals surface area contributed by atoms with Crippen molar-refractivity contribution in [3.05, 3.63) is 68.6 Å². The third-order valence-electron chi connectivity index (χ3n) is 3.76. The molecule has 0 fully saturated rings. The van der Waals surface area contributed by atoms with E-state index in [0.717, 1.165) is 22.9 Å². The van der Waals surface area contributed by atoms with Gasteiger partial charge in [0.2, 0.25) is 5.91 Å². The first-order chi connectivity index (χ1) is 14.3. The van der Waals surface area contributed by atoms with Gasteiger partial charge in [0.05, 0.1) is 10.7 Å². The summed E-state index contributed by atoms with van der Waals surface area (Å²) in [6.07, 6.45) is 0. The Bertz CT molecular complexity index is 1070. The summed E-state index contributed by atoms with van der Waals surface area (Å²) in [5.41, 5.74) is 2.16. The van der Waals surface area contributed by atoms with Gasteiger partial charge >= 0.3 is 0 Å². The molecule has 0 aliphatic rings. The Hall–Kier alpha value is -3.11. The number of amides is 1. The predicted octanol–water partition coefficient (Wildman–Crippen LogP) is 4.56. The number of thioether (sulfide) groups is 1. The van der Waals surface area contributed by atoms with E-state index in [1.165, 1.54) is 18.2 Å². The van der Waals surface area contributed by atoms with Gasteiger partial charge in [0.25, 0.3) is 16.8 Å². The summed E-state index contributed by atoms with van der Waals surface area (Å²) in [4.78, 5) is 22.4. The Labute approximate surface area is 180 Å². The molecule has 3 rings (SSSR count). The minimum absolute atomic E-state index is 0.00574. The van der Waals surface area contributed by atoms with Crippen molar-refractivity contribution in [2.75, 3.05) is 11.1 Å². The molecule has 1 aromatic heterocycles. The molecule has 9 nitrogen and oxygen atoms in total. The third kappa shape index (κ3) is 5.94. The Kier molecular flexibility index (Phi) is 6.91. The predicted molar refractivity (Wildman–Crippen MR) is 112 cm³/mol. The SMILES string of the molecule is Cc1cc(C)cc(OCc2nnc(SCC(=O)Nc3ccc(Cl)c([N+](=O)[O-])c3)o2)c1. The van der Waals surface area contributed by atoms with Gasteiger partial charge in [0.15, 0.2) is 6.61 Å². The van der Waals surface area contributed by atoms with E-state index >= 15 is 0 Å². The Morgan fingerprint density at radius 2 is 1.97 bits per heavy atom. The number of hydrogen-bond donors (Lipinski definition) is 1. The van der Waals surface area contributed by atoms with E-state index in [1.54, 1.807) is 0 Å². The van der Waals surface area contributed by atoms with Crippen molar-refractivity contribution >= 4 is 40.6 Å². The van der Waals surface area contributed by atoms with Crippen molar-refractivity contribution in [3.8, 4) is 5.75 Å². The topological polar surface area (TPSA) is 120 Å². The maximum atomic E-state index is 12.1. The lowest BCUT2D eigenvalue weighted by molar-refractivity contribution is -0.384. The van der Waals surface area contributed by atoms with Crippen LogP contribution in [0.5, 0.6) is 5.75 Å². The van der Waals surface area contributed by atoms with Crippen molar-refractivity contribution in [1.29, 1.82) is 0 Å². The van der Waals surface area contributed by atoms with E-state index in [1.807, 2.05) is 32.0 Å². The van der Waals surface area contributed by atoms with E-state index < -0.39 is 4.92 Å². The number of nitrogens with zero attached hydrogens (tertiary/aromatic N) is 3. The average molecular weight is 449 g/mol. The van der Waals surface area contributed by atoms with Crippen molar-refractivity contribution in [2.45, 2.75) is 25.7 Å². The van der Waals surface area contributed by atoms with Crippen LogP contribution in [-0.2, 0) is 11.4 Å². The molecular weight excluding hydrogens is 432 g/mol. The smallest absolute Gasteiger partial charge is 0.289 e. The molecule has 3 aromatic rings. The first-order valence-electron chi connectivity index (χ1n) is 8.70. The molecule has 0 aliphatic carbocycles. The molecule has 0 bridgehead atoms. The van der Waals surface area contributed by atoms with E-state index in [4.69, 9.17) is 20.8 Å². The Balaban J connectivity index is 1.50. The van der Waals surface area contributed by atoms with Crippen LogP contribution in [0.3, 0.4) is 0 Å². The van der Waals surface area contributed by atoms with E-state index in [0.29, 0.717) is 5.75 Å². The zero-order chi connectivity index (χ0) is 21.7. The zero-order valence-corrected chi connectivity index (χ0v) is 17.6. The lowest BCUT2D eigenvalue weighted by Gasteiger charge is -2.05. The molecule has 1 heterocycles. The highest BCUT2D eigenvalue weighted by Gasteiger charge is 2.15. The molecule has 1 N–H and O–H groups in total. The van der Waals surface area contributed by atoms with Crippen LogP contribution in [0.4, 0.5) is 11.4 Å². The molecule has 0 spiro atoms. The number of aryl methyl sites for hydroxylation is 2. The average Bonchev–Trinajstić information content (AvgIpc) is 3.13. The molecule has 0 atom stereocenters. The summed E-state index contributed by atoms with van der Waals surface area (Å²) in [5, 5.41) is 21.5. The van der Waals surface area contributed by atoms with Crippen LogP contribution in [0.15, 0.2) is 46.0 Å². The number of carbonyl (C=O) groups excluding carboxylic acids is 1. The van der Waals surface area contributed by atoms with Gasteiger partial charge in [-0.15, -0.1) is 10.2 Å². The molecule has 0 unspecified atom stereocenters. The second-order valence-electron chi connectivity index (χ2n) is 6.33. The fourth-order valence-electron chi connectivity index (χ4n) is 2.57. The number of aromatic nitrogens is 2.